The highest BCUT2D eigenvalue weighted by molar-refractivity contribution is 5.41. The number of ether oxygens (including phenoxy) is 2. The van der Waals surface area contributed by atoms with Crippen LogP contribution in [0, 0.1) is 0 Å². The molecule has 0 atom stereocenters. The summed E-state index contributed by atoms with van der Waals surface area (Å²) in [4.78, 5) is 30.0. The van der Waals surface area contributed by atoms with Gasteiger partial charge in [-0.15, -0.1) is 5.10 Å². The first-order valence-corrected chi connectivity index (χ1v) is 10.3. The number of morpholine rings is 1. The van der Waals surface area contributed by atoms with Crippen molar-refractivity contribution in [3.05, 3.63) is 52.8 Å². The molecule has 0 saturated carbocycles. The van der Waals surface area contributed by atoms with Crippen LogP contribution in [0.25, 0.3) is 5.69 Å². The molecule has 2 aromatic heterocycles. The lowest BCUT2D eigenvalue weighted by Gasteiger charge is -2.28. The third kappa shape index (κ3) is 4.80. The van der Waals surface area contributed by atoms with Crippen molar-refractivity contribution in [1.82, 2.24) is 24.7 Å². The first kappa shape index (κ1) is 20.7. The second kappa shape index (κ2) is 9.52. The maximum Gasteiger partial charge on any atom is 0.330 e. The molecule has 0 spiro atoms. The van der Waals surface area contributed by atoms with Gasteiger partial charge in [0, 0.05) is 38.3 Å². The summed E-state index contributed by atoms with van der Waals surface area (Å²) in [7, 11) is 0. The molecule has 10 nitrogen and oxygen atoms in total. The number of rotatable bonds is 7. The Morgan fingerprint density at radius 1 is 1.00 bits per heavy atom. The van der Waals surface area contributed by atoms with Gasteiger partial charge in [0.25, 0.3) is 5.56 Å². The summed E-state index contributed by atoms with van der Waals surface area (Å²) in [5.74, 6) is 1.28. The highest BCUT2D eigenvalue weighted by Gasteiger charge is 2.19. The zero-order chi connectivity index (χ0) is 21.6. The molecule has 31 heavy (non-hydrogen) atoms. The first-order chi connectivity index (χ1) is 15.2. The standard InChI is InChI=1S/C21H25N7O3/c1-3-26(4-2)19-22-20(27-12-14-30-15-13-27)24-21(23-19)31-17-10-11-18(29)28(25-17)16-8-6-5-7-9-16/h5-11H,3-4,12-15H2,1-2H3. The highest BCUT2D eigenvalue weighted by Crippen LogP contribution is 2.22. The summed E-state index contributed by atoms with van der Waals surface area (Å²) in [5.41, 5.74) is 0.387. The van der Waals surface area contributed by atoms with E-state index in [0.29, 0.717) is 43.9 Å². The van der Waals surface area contributed by atoms with E-state index in [1.54, 1.807) is 12.1 Å². The van der Waals surface area contributed by atoms with Gasteiger partial charge in [-0.1, -0.05) is 18.2 Å². The number of anilines is 2. The smallest absolute Gasteiger partial charge is 0.330 e. The Morgan fingerprint density at radius 3 is 2.45 bits per heavy atom. The lowest BCUT2D eigenvalue weighted by Crippen LogP contribution is -2.38. The Balaban J connectivity index is 1.69. The molecule has 1 fully saturated rings. The average molecular weight is 423 g/mol. The van der Waals surface area contributed by atoms with Crippen LogP contribution in [0.15, 0.2) is 47.3 Å². The van der Waals surface area contributed by atoms with Gasteiger partial charge in [-0.25, -0.2) is 0 Å². The number of nitrogens with zero attached hydrogens (tertiary/aromatic N) is 7. The quantitative estimate of drug-likeness (QED) is 0.564. The number of hydrogen-bond donors (Lipinski definition) is 0. The van der Waals surface area contributed by atoms with E-state index in [9.17, 15) is 4.79 Å². The minimum Gasteiger partial charge on any atom is -0.403 e. The van der Waals surface area contributed by atoms with Crippen molar-refractivity contribution < 1.29 is 9.47 Å². The molecule has 0 amide bonds. The monoisotopic (exact) mass is 423 g/mol. The fourth-order valence-electron chi connectivity index (χ4n) is 3.23. The maximum atomic E-state index is 12.3. The van der Waals surface area contributed by atoms with Crippen LogP contribution in [0.5, 0.6) is 11.9 Å². The Morgan fingerprint density at radius 2 is 1.74 bits per heavy atom. The molecule has 10 heteroatoms. The summed E-state index contributed by atoms with van der Waals surface area (Å²) in [6, 6.07) is 12.2. The minimum absolute atomic E-state index is 0.129. The lowest BCUT2D eigenvalue weighted by atomic mass is 10.3. The lowest BCUT2D eigenvalue weighted by molar-refractivity contribution is 0.122. The number of para-hydroxylation sites is 1. The molecular formula is C21H25N7O3. The molecule has 1 aliphatic heterocycles. The van der Waals surface area contributed by atoms with Crippen LogP contribution in [-0.2, 0) is 4.74 Å². The van der Waals surface area contributed by atoms with Gasteiger partial charge in [-0.05, 0) is 26.0 Å². The van der Waals surface area contributed by atoms with E-state index < -0.39 is 0 Å². The second-order valence-electron chi connectivity index (χ2n) is 6.85. The van der Waals surface area contributed by atoms with Crippen LogP contribution < -0.4 is 20.1 Å². The summed E-state index contributed by atoms with van der Waals surface area (Å²) in [5, 5.41) is 4.33. The van der Waals surface area contributed by atoms with Crippen molar-refractivity contribution in [2.75, 3.05) is 49.2 Å². The number of aromatic nitrogens is 5. The van der Waals surface area contributed by atoms with Crippen LogP contribution in [0.4, 0.5) is 11.9 Å². The molecule has 0 unspecified atom stereocenters. The van der Waals surface area contributed by atoms with Gasteiger partial charge >= 0.3 is 6.01 Å². The van der Waals surface area contributed by atoms with E-state index in [0.717, 1.165) is 13.1 Å². The molecule has 1 saturated heterocycles. The average Bonchev–Trinajstić information content (AvgIpc) is 2.82. The molecule has 1 aliphatic rings. The third-order valence-corrected chi connectivity index (χ3v) is 4.90. The molecular weight excluding hydrogens is 398 g/mol. The van der Waals surface area contributed by atoms with E-state index in [1.165, 1.54) is 16.8 Å². The van der Waals surface area contributed by atoms with Gasteiger partial charge in [0.15, 0.2) is 0 Å². The summed E-state index contributed by atoms with van der Waals surface area (Å²) in [6.07, 6.45) is 0. The zero-order valence-corrected chi connectivity index (χ0v) is 17.6. The van der Waals surface area contributed by atoms with Crippen molar-refractivity contribution in [3.8, 4) is 17.6 Å². The normalized spacial score (nSPS) is 13.8. The molecule has 1 aromatic carbocycles. The van der Waals surface area contributed by atoms with Crippen molar-refractivity contribution >= 4 is 11.9 Å². The Hall–Kier alpha value is -3.53. The zero-order valence-electron chi connectivity index (χ0n) is 17.6. The van der Waals surface area contributed by atoms with Crippen LogP contribution in [0.2, 0.25) is 0 Å². The van der Waals surface area contributed by atoms with Crippen molar-refractivity contribution in [3.63, 3.8) is 0 Å². The number of benzene rings is 1. The largest absolute Gasteiger partial charge is 0.403 e. The SMILES string of the molecule is CCN(CC)c1nc(Oc2ccc(=O)n(-c3ccccc3)n2)nc(N2CCOCC2)n1. The molecule has 0 bridgehead atoms. The molecule has 0 aliphatic carbocycles. The van der Waals surface area contributed by atoms with Crippen LogP contribution in [0.1, 0.15) is 13.8 Å². The Bertz CT molecular complexity index is 1060. The topological polar surface area (TPSA) is 98.5 Å². The Labute approximate surface area is 180 Å². The van der Waals surface area contributed by atoms with E-state index in [4.69, 9.17) is 9.47 Å². The summed E-state index contributed by atoms with van der Waals surface area (Å²) < 4.78 is 12.6. The van der Waals surface area contributed by atoms with Gasteiger partial charge in [0.05, 0.1) is 18.9 Å². The molecule has 3 heterocycles. The molecule has 0 radical (unpaired) electrons. The van der Waals surface area contributed by atoms with E-state index in [1.807, 2.05) is 41.8 Å². The van der Waals surface area contributed by atoms with E-state index in [2.05, 4.69) is 20.1 Å². The van der Waals surface area contributed by atoms with Gasteiger partial charge in [0.1, 0.15) is 0 Å². The summed E-state index contributed by atoms with van der Waals surface area (Å²) >= 11 is 0. The van der Waals surface area contributed by atoms with Gasteiger partial charge in [-0.3, -0.25) is 4.79 Å². The molecule has 4 rings (SSSR count). The predicted molar refractivity (Wildman–Crippen MR) is 116 cm³/mol. The van der Waals surface area contributed by atoms with Crippen molar-refractivity contribution in [2.45, 2.75) is 13.8 Å². The van der Waals surface area contributed by atoms with Crippen LogP contribution in [0.3, 0.4) is 0 Å². The van der Waals surface area contributed by atoms with Gasteiger partial charge in [0.2, 0.25) is 17.8 Å². The van der Waals surface area contributed by atoms with Crippen LogP contribution in [-0.4, -0.2) is 64.1 Å². The molecule has 162 valence electrons. The fraction of sp³-hybridized carbons (Fsp3) is 0.381. The molecule has 0 N–H and O–H groups in total. The van der Waals surface area contributed by atoms with Crippen LogP contribution >= 0.6 is 0 Å². The molecule has 3 aromatic rings. The first-order valence-electron chi connectivity index (χ1n) is 10.3. The van der Waals surface area contributed by atoms with E-state index >= 15 is 0 Å². The third-order valence-electron chi connectivity index (χ3n) is 4.90. The second-order valence-corrected chi connectivity index (χ2v) is 6.85. The van der Waals surface area contributed by atoms with Gasteiger partial charge < -0.3 is 19.3 Å². The summed E-state index contributed by atoms with van der Waals surface area (Å²) in [6.45, 7) is 8.20. The van der Waals surface area contributed by atoms with Crippen molar-refractivity contribution in [2.24, 2.45) is 0 Å². The van der Waals surface area contributed by atoms with E-state index in [-0.39, 0.29) is 17.4 Å². The minimum atomic E-state index is -0.257. The maximum absolute atomic E-state index is 12.3. The fourth-order valence-corrected chi connectivity index (χ4v) is 3.23. The van der Waals surface area contributed by atoms with Gasteiger partial charge in [-0.2, -0.15) is 19.6 Å². The highest BCUT2D eigenvalue weighted by atomic mass is 16.5. The Kier molecular flexibility index (Phi) is 6.37. The number of hydrogen-bond acceptors (Lipinski definition) is 9. The van der Waals surface area contributed by atoms with Crippen molar-refractivity contribution in [1.29, 1.82) is 0 Å². The predicted octanol–water partition coefficient (Wildman–Crippen LogP) is 1.89.